The number of aromatic nitrogens is 1. The van der Waals surface area contributed by atoms with Crippen molar-refractivity contribution in [3.8, 4) is 11.1 Å². The third kappa shape index (κ3) is 4.60. The van der Waals surface area contributed by atoms with E-state index in [0.717, 1.165) is 34.9 Å². The second-order valence-electron chi connectivity index (χ2n) is 10.4. The Balaban J connectivity index is 1.22. The third-order valence-electron chi connectivity index (χ3n) is 8.07. The number of piperidine rings is 1. The number of benzene rings is 2. The van der Waals surface area contributed by atoms with Gasteiger partial charge in [0.1, 0.15) is 18.5 Å². The number of hydrogen-bond acceptors (Lipinski definition) is 5. The molecule has 1 saturated carbocycles. The Kier molecular flexibility index (Phi) is 6.16. The van der Waals surface area contributed by atoms with E-state index >= 15 is 4.39 Å². The van der Waals surface area contributed by atoms with Gasteiger partial charge in [0.2, 0.25) is 11.8 Å². The molecule has 37 heavy (non-hydrogen) atoms. The van der Waals surface area contributed by atoms with Crippen molar-refractivity contribution in [3.05, 3.63) is 66.1 Å². The molecule has 2 saturated heterocycles. The second-order valence-corrected chi connectivity index (χ2v) is 10.4. The smallest absolute Gasteiger partial charge is 0.248 e. The van der Waals surface area contributed by atoms with Crippen LogP contribution in [0.3, 0.4) is 0 Å². The van der Waals surface area contributed by atoms with Gasteiger partial charge < -0.3 is 15.0 Å². The molecule has 2 aliphatic heterocycles. The van der Waals surface area contributed by atoms with Gasteiger partial charge in [0, 0.05) is 43.3 Å². The lowest BCUT2D eigenvalue weighted by molar-refractivity contribution is -0.173. The average molecular weight is 503 g/mol. The van der Waals surface area contributed by atoms with Crippen molar-refractivity contribution in [2.75, 3.05) is 33.3 Å². The summed E-state index contributed by atoms with van der Waals surface area (Å²) in [6.07, 6.45) is 5.27. The largest absolute Gasteiger partial charge is 0.363 e. The molecule has 3 heterocycles. The topological polar surface area (TPSA) is 74.8 Å². The molecular weight excluding hydrogens is 471 g/mol. The number of carbonyl (C=O) groups is 2. The molecule has 0 radical (unpaired) electrons. The lowest BCUT2D eigenvalue weighted by Crippen LogP contribution is -2.60. The summed E-state index contributed by atoms with van der Waals surface area (Å²) in [5, 5.41) is 3.75. The van der Waals surface area contributed by atoms with Crippen molar-refractivity contribution in [1.82, 2.24) is 20.1 Å². The highest BCUT2D eigenvalue weighted by Gasteiger charge is 2.47. The summed E-state index contributed by atoms with van der Waals surface area (Å²) in [5.74, 6) is -0.577. The number of halogens is 1. The molecule has 192 valence electrons. The SMILES string of the molecule is CNC(=O)C(c1ccc(-c2ccc3cccnc3c2)cc1F)N1CCC2(CC1)CN(C1CC1)C(=O)CO2. The van der Waals surface area contributed by atoms with E-state index in [4.69, 9.17) is 4.74 Å². The number of nitrogens with one attached hydrogen (secondary N) is 1. The van der Waals surface area contributed by atoms with Crippen LogP contribution in [0, 0.1) is 5.82 Å². The Morgan fingerprint density at radius 1 is 1.14 bits per heavy atom. The standard InChI is InChI=1S/C29H31FN4O3/c1-31-28(36)27(33-13-10-29(11-14-33)18-34(22-7-8-22)26(35)17-37-29)23-9-6-20(15-24(23)30)21-5-4-19-3-2-12-32-25(19)16-21/h2-6,9,12,15-16,22,27H,7-8,10-11,13-14,17-18H2,1H3,(H,31,36). The van der Waals surface area contributed by atoms with Gasteiger partial charge >= 0.3 is 0 Å². The van der Waals surface area contributed by atoms with E-state index < -0.39 is 11.9 Å². The fourth-order valence-electron chi connectivity index (χ4n) is 5.77. The molecule has 3 aliphatic rings. The van der Waals surface area contributed by atoms with Crippen molar-refractivity contribution >= 4 is 22.7 Å². The van der Waals surface area contributed by atoms with E-state index in [9.17, 15) is 9.59 Å². The van der Waals surface area contributed by atoms with Gasteiger partial charge in [-0.25, -0.2) is 4.39 Å². The van der Waals surface area contributed by atoms with E-state index in [1.807, 2.05) is 46.2 Å². The number of nitrogens with zero attached hydrogens (tertiary/aromatic N) is 3. The molecule has 1 atom stereocenters. The maximum Gasteiger partial charge on any atom is 0.248 e. The summed E-state index contributed by atoms with van der Waals surface area (Å²) in [6.45, 7) is 1.90. The zero-order chi connectivity index (χ0) is 25.6. The molecule has 2 amide bonds. The molecule has 8 heteroatoms. The van der Waals surface area contributed by atoms with Crippen LogP contribution in [0.1, 0.15) is 37.3 Å². The zero-order valence-corrected chi connectivity index (χ0v) is 21.0. The number of hydrogen-bond donors (Lipinski definition) is 1. The minimum absolute atomic E-state index is 0.0724. The van der Waals surface area contributed by atoms with Gasteiger partial charge in [-0.3, -0.25) is 19.5 Å². The molecule has 6 rings (SSSR count). The maximum atomic E-state index is 15.6. The summed E-state index contributed by atoms with van der Waals surface area (Å²) < 4.78 is 21.7. The summed E-state index contributed by atoms with van der Waals surface area (Å²) in [6, 6.07) is 14.5. The molecule has 1 unspecified atom stereocenters. The van der Waals surface area contributed by atoms with E-state index in [-0.39, 0.29) is 24.0 Å². The predicted molar refractivity (Wildman–Crippen MR) is 138 cm³/mol. The van der Waals surface area contributed by atoms with Gasteiger partial charge in [0.15, 0.2) is 0 Å². The Hall–Kier alpha value is -3.36. The highest BCUT2D eigenvalue weighted by molar-refractivity contribution is 5.85. The number of likely N-dealkylation sites (N-methyl/N-ethyl adjacent to an activating group) is 1. The molecule has 1 aromatic heterocycles. The normalized spacial score (nSPS) is 20.8. The van der Waals surface area contributed by atoms with Crippen LogP contribution in [0.4, 0.5) is 4.39 Å². The first kappa shape index (κ1) is 24.0. The lowest BCUT2D eigenvalue weighted by atomic mass is 9.87. The quantitative estimate of drug-likeness (QED) is 0.576. The number of likely N-dealkylation sites (tertiary alicyclic amines) is 1. The Morgan fingerprint density at radius 3 is 2.62 bits per heavy atom. The molecule has 1 N–H and O–H groups in total. The van der Waals surface area contributed by atoms with Crippen molar-refractivity contribution < 1.29 is 18.7 Å². The lowest BCUT2D eigenvalue weighted by Gasteiger charge is -2.48. The fourth-order valence-corrected chi connectivity index (χ4v) is 5.77. The van der Waals surface area contributed by atoms with Gasteiger partial charge in [0.25, 0.3) is 0 Å². The number of carbonyl (C=O) groups excluding carboxylic acids is 2. The number of ether oxygens (including phenoxy) is 1. The zero-order valence-electron chi connectivity index (χ0n) is 21.0. The minimum Gasteiger partial charge on any atom is -0.363 e. The van der Waals surface area contributed by atoms with Gasteiger partial charge in [-0.2, -0.15) is 0 Å². The number of amides is 2. The Morgan fingerprint density at radius 2 is 1.89 bits per heavy atom. The van der Waals surface area contributed by atoms with Crippen molar-refractivity contribution in [1.29, 1.82) is 0 Å². The van der Waals surface area contributed by atoms with Gasteiger partial charge in [-0.15, -0.1) is 0 Å². The van der Waals surface area contributed by atoms with E-state index in [2.05, 4.69) is 10.3 Å². The highest BCUT2D eigenvalue weighted by atomic mass is 19.1. The van der Waals surface area contributed by atoms with Gasteiger partial charge in [-0.05, 0) is 55.0 Å². The number of fused-ring (bicyclic) bond motifs is 1. The van der Waals surface area contributed by atoms with Crippen LogP contribution < -0.4 is 5.32 Å². The molecule has 1 aliphatic carbocycles. The van der Waals surface area contributed by atoms with Crippen molar-refractivity contribution in [3.63, 3.8) is 0 Å². The minimum atomic E-state index is -0.737. The maximum absolute atomic E-state index is 15.6. The molecular formula is C29H31FN4O3. The predicted octanol–water partition coefficient (Wildman–Crippen LogP) is 3.68. The van der Waals surface area contributed by atoms with Crippen molar-refractivity contribution in [2.45, 2.75) is 43.4 Å². The summed E-state index contributed by atoms with van der Waals surface area (Å²) in [5.41, 5.74) is 2.44. The van der Waals surface area contributed by atoms with Gasteiger partial charge in [-0.1, -0.05) is 30.3 Å². The van der Waals surface area contributed by atoms with Crippen molar-refractivity contribution in [2.24, 2.45) is 0 Å². The summed E-state index contributed by atoms with van der Waals surface area (Å²) >= 11 is 0. The van der Waals surface area contributed by atoms with E-state index in [0.29, 0.717) is 44.1 Å². The van der Waals surface area contributed by atoms with Crippen LogP contribution in [-0.2, 0) is 14.3 Å². The van der Waals surface area contributed by atoms with Gasteiger partial charge in [0.05, 0.1) is 17.7 Å². The van der Waals surface area contributed by atoms with Crippen LogP contribution in [0.5, 0.6) is 0 Å². The molecule has 1 spiro atoms. The average Bonchev–Trinajstić information content (AvgIpc) is 3.77. The number of morpholine rings is 1. The Labute approximate surface area is 215 Å². The fraction of sp³-hybridized carbons (Fsp3) is 0.414. The van der Waals surface area contributed by atoms with Crippen LogP contribution in [-0.4, -0.2) is 71.5 Å². The molecule has 3 fully saturated rings. The number of rotatable bonds is 5. The highest BCUT2D eigenvalue weighted by Crippen LogP contribution is 2.38. The molecule has 7 nitrogen and oxygen atoms in total. The molecule has 2 aromatic carbocycles. The third-order valence-corrected chi connectivity index (χ3v) is 8.07. The van der Waals surface area contributed by atoms with E-state index in [1.54, 1.807) is 19.3 Å². The van der Waals surface area contributed by atoms with Crippen LogP contribution in [0.15, 0.2) is 54.7 Å². The molecule has 0 bridgehead atoms. The van der Waals surface area contributed by atoms with Crippen LogP contribution in [0.25, 0.3) is 22.0 Å². The van der Waals surface area contributed by atoms with Crippen LogP contribution >= 0.6 is 0 Å². The Bertz CT molecular complexity index is 1350. The van der Waals surface area contributed by atoms with Crippen LogP contribution in [0.2, 0.25) is 0 Å². The number of pyridine rings is 1. The first-order valence-corrected chi connectivity index (χ1v) is 13.0. The second kappa shape index (κ2) is 9.50. The summed E-state index contributed by atoms with van der Waals surface area (Å²) in [7, 11) is 1.58. The monoisotopic (exact) mass is 502 g/mol. The summed E-state index contributed by atoms with van der Waals surface area (Å²) in [4.78, 5) is 33.7. The van der Waals surface area contributed by atoms with E-state index in [1.165, 1.54) is 6.07 Å². The molecule has 3 aromatic rings. The first-order valence-electron chi connectivity index (χ1n) is 13.0. The first-order chi connectivity index (χ1) is 18.0.